The Balaban J connectivity index is 1.60. The van der Waals surface area contributed by atoms with Crippen LogP contribution in [0.25, 0.3) is 0 Å². The van der Waals surface area contributed by atoms with Crippen LogP contribution in [0.4, 0.5) is 0 Å². The normalized spacial score (nSPS) is 15.3. The number of nitrogens with one attached hydrogen (secondary N) is 1. The molecule has 1 aromatic carbocycles. The van der Waals surface area contributed by atoms with Crippen LogP contribution in [-0.4, -0.2) is 71.9 Å². The summed E-state index contributed by atoms with van der Waals surface area (Å²) in [4.78, 5) is 26.4. The summed E-state index contributed by atoms with van der Waals surface area (Å²) in [6, 6.07) is 8.73. The molecule has 0 aliphatic carbocycles. The molecule has 0 unspecified atom stereocenters. The van der Waals surface area contributed by atoms with E-state index >= 15 is 0 Å². The zero-order valence-electron chi connectivity index (χ0n) is 18.3. The first-order valence-corrected chi connectivity index (χ1v) is 11.7. The molecule has 0 saturated carbocycles. The SMILES string of the molecule is Cc1nn(C(C)C)c(C)c1S(=O)(=O)N1CCN(C(=O)CNC(=O)c2ccccc2)CC1. The summed E-state index contributed by atoms with van der Waals surface area (Å²) in [6.07, 6.45) is 0. The highest BCUT2D eigenvalue weighted by molar-refractivity contribution is 7.89. The highest BCUT2D eigenvalue weighted by atomic mass is 32.2. The lowest BCUT2D eigenvalue weighted by molar-refractivity contribution is -0.131. The van der Waals surface area contributed by atoms with Crippen molar-refractivity contribution in [3.05, 3.63) is 47.3 Å². The summed E-state index contributed by atoms with van der Waals surface area (Å²) >= 11 is 0. The van der Waals surface area contributed by atoms with E-state index < -0.39 is 10.0 Å². The second-order valence-electron chi connectivity index (χ2n) is 7.87. The highest BCUT2D eigenvalue weighted by Gasteiger charge is 2.34. The fraction of sp³-hybridized carbons (Fsp3) is 0.476. The van der Waals surface area contributed by atoms with Gasteiger partial charge in [-0.1, -0.05) is 18.2 Å². The van der Waals surface area contributed by atoms with Crippen molar-refractivity contribution in [2.75, 3.05) is 32.7 Å². The van der Waals surface area contributed by atoms with Gasteiger partial charge in [-0.3, -0.25) is 14.3 Å². The maximum Gasteiger partial charge on any atom is 0.251 e. The van der Waals surface area contributed by atoms with Gasteiger partial charge in [0.2, 0.25) is 15.9 Å². The van der Waals surface area contributed by atoms with Crippen molar-refractivity contribution in [3.63, 3.8) is 0 Å². The number of hydrogen-bond acceptors (Lipinski definition) is 5. The molecule has 31 heavy (non-hydrogen) atoms. The third-order valence-corrected chi connectivity index (χ3v) is 7.52. The number of rotatable bonds is 6. The quantitative estimate of drug-likeness (QED) is 0.720. The zero-order chi connectivity index (χ0) is 22.8. The molecule has 9 nitrogen and oxygen atoms in total. The lowest BCUT2D eigenvalue weighted by Gasteiger charge is -2.34. The molecule has 10 heteroatoms. The number of nitrogens with zero attached hydrogens (tertiary/aromatic N) is 4. The van der Waals surface area contributed by atoms with Gasteiger partial charge in [0.05, 0.1) is 17.9 Å². The van der Waals surface area contributed by atoms with Crippen molar-refractivity contribution in [1.29, 1.82) is 0 Å². The maximum atomic E-state index is 13.2. The Morgan fingerprint density at radius 3 is 2.23 bits per heavy atom. The lowest BCUT2D eigenvalue weighted by atomic mass is 10.2. The van der Waals surface area contributed by atoms with Gasteiger partial charge in [-0.25, -0.2) is 8.42 Å². The molecule has 1 N–H and O–H groups in total. The Morgan fingerprint density at radius 2 is 1.68 bits per heavy atom. The van der Waals surface area contributed by atoms with Gasteiger partial charge in [-0.05, 0) is 39.8 Å². The molecule has 2 heterocycles. The van der Waals surface area contributed by atoms with E-state index in [1.54, 1.807) is 47.7 Å². The Kier molecular flexibility index (Phi) is 6.80. The molecule has 168 valence electrons. The predicted molar refractivity (Wildman–Crippen MR) is 116 cm³/mol. The van der Waals surface area contributed by atoms with Crippen molar-refractivity contribution < 1.29 is 18.0 Å². The summed E-state index contributed by atoms with van der Waals surface area (Å²) in [7, 11) is -3.70. The molecule has 1 aromatic heterocycles. The van der Waals surface area contributed by atoms with Crippen LogP contribution in [0.2, 0.25) is 0 Å². The van der Waals surface area contributed by atoms with Gasteiger partial charge in [0.1, 0.15) is 4.90 Å². The van der Waals surface area contributed by atoms with Crippen LogP contribution >= 0.6 is 0 Å². The molecule has 3 rings (SSSR count). The van der Waals surface area contributed by atoms with E-state index in [0.717, 1.165) is 0 Å². The minimum atomic E-state index is -3.70. The van der Waals surface area contributed by atoms with Crippen molar-refractivity contribution in [3.8, 4) is 0 Å². The molecular formula is C21H29N5O4S. The molecule has 2 aromatic rings. The van der Waals surface area contributed by atoms with Crippen LogP contribution in [0.1, 0.15) is 41.6 Å². The summed E-state index contributed by atoms with van der Waals surface area (Å²) in [6.45, 7) is 8.20. The van der Waals surface area contributed by atoms with Crippen LogP contribution in [0.5, 0.6) is 0 Å². The van der Waals surface area contributed by atoms with Gasteiger partial charge in [-0.2, -0.15) is 9.40 Å². The highest BCUT2D eigenvalue weighted by Crippen LogP contribution is 2.26. The van der Waals surface area contributed by atoms with Crippen LogP contribution in [0.3, 0.4) is 0 Å². The van der Waals surface area contributed by atoms with E-state index in [-0.39, 0.29) is 55.5 Å². The topological polar surface area (TPSA) is 105 Å². The van der Waals surface area contributed by atoms with E-state index in [1.165, 1.54) is 4.31 Å². The van der Waals surface area contributed by atoms with Crippen LogP contribution < -0.4 is 5.32 Å². The van der Waals surface area contributed by atoms with Crippen molar-refractivity contribution in [2.45, 2.75) is 38.6 Å². The largest absolute Gasteiger partial charge is 0.343 e. The molecule has 0 atom stereocenters. The van der Waals surface area contributed by atoms with E-state index in [2.05, 4.69) is 10.4 Å². The second kappa shape index (κ2) is 9.19. The summed E-state index contributed by atoms with van der Waals surface area (Å²) in [5.74, 6) is -0.551. The van der Waals surface area contributed by atoms with E-state index in [1.807, 2.05) is 19.9 Å². The van der Waals surface area contributed by atoms with Crippen LogP contribution in [0, 0.1) is 13.8 Å². The minimum absolute atomic E-state index is 0.0585. The Bertz CT molecular complexity index is 1050. The molecule has 1 aliphatic rings. The molecule has 0 radical (unpaired) electrons. The molecular weight excluding hydrogens is 418 g/mol. The Morgan fingerprint density at radius 1 is 1.06 bits per heavy atom. The number of carbonyl (C=O) groups excluding carboxylic acids is 2. The van der Waals surface area contributed by atoms with E-state index in [9.17, 15) is 18.0 Å². The predicted octanol–water partition coefficient (Wildman–Crippen LogP) is 1.34. The Labute approximate surface area is 183 Å². The van der Waals surface area contributed by atoms with Crippen molar-refractivity contribution in [2.24, 2.45) is 0 Å². The van der Waals surface area contributed by atoms with Crippen LogP contribution in [0.15, 0.2) is 35.2 Å². The van der Waals surface area contributed by atoms with Crippen molar-refractivity contribution in [1.82, 2.24) is 24.3 Å². The maximum absolute atomic E-state index is 13.2. The van der Waals surface area contributed by atoms with Gasteiger partial charge in [0.25, 0.3) is 5.91 Å². The van der Waals surface area contributed by atoms with E-state index in [0.29, 0.717) is 17.0 Å². The van der Waals surface area contributed by atoms with Crippen LogP contribution in [-0.2, 0) is 14.8 Å². The zero-order valence-corrected chi connectivity index (χ0v) is 19.1. The molecule has 1 saturated heterocycles. The Hall–Kier alpha value is -2.72. The van der Waals surface area contributed by atoms with E-state index in [4.69, 9.17) is 0 Å². The molecule has 2 amide bonds. The number of amides is 2. The fourth-order valence-electron chi connectivity index (χ4n) is 3.79. The average molecular weight is 448 g/mol. The fourth-order valence-corrected chi connectivity index (χ4v) is 5.57. The van der Waals surface area contributed by atoms with Gasteiger partial charge in [-0.15, -0.1) is 0 Å². The minimum Gasteiger partial charge on any atom is -0.343 e. The lowest BCUT2D eigenvalue weighted by Crippen LogP contribution is -2.52. The standard InChI is InChI=1S/C21H29N5O4S/c1-15(2)26-17(4)20(16(3)23-26)31(29,30)25-12-10-24(11-13-25)19(27)14-22-21(28)18-8-6-5-7-9-18/h5-9,15H,10-14H2,1-4H3,(H,22,28). The van der Waals surface area contributed by atoms with Gasteiger partial charge < -0.3 is 10.2 Å². The third kappa shape index (κ3) is 4.80. The first kappa shape index (κ1) is 23.0. The monoisotopic (exact) mass is 447 g/mol. The number of aromatic nitrogens is 2. The number of aryl methyl sites for hydroxylation is 1. The molecule has 1 aliphatic heterocycles. The molecule has 0 bridgehead atoms. The molecule has 1 fully saturated rings. The van der Waals surface area contributed by atoms with Crippen molar-refractivity contribution >= 4 is 21.8 Å². The summed E-state index contributed by atoms with van der Waals surface area (Å²) in [5, 5.41) is 7.00. The number of carbonyl (C=O) groups is 2. The first-order valence-electron chi connectivity index (χ1n) is 10.3. The molecule has 0 spiro atoms. The average Bonchev–Trinajstić information content (AvgIpc) is 3.07. The number of hydrogen-bond donors (Lipinski definition) is 1. The summed E-state index contributed by atoms with van der Waals surface area (Å²) < 4.78 is 29.6. The second-order valence-corrected chi connectivity index (χ2v) is 9.75. The number of sulfonamides is 1. The number of piperazine rings is 1. The van der Waals surface area contributed by atoms with Gasteiger partial charge in [0, 0.05) is 37.8 Å². The third-order valence-electron chi connectivity index (χ3n) is 5.37. The van der Waals surface area contributed by atoms with Gasteiger partial charge in [0.15, 0.2) is 0 Å². The number of benzene rings is 1. The van der Waals surface area contributed by atoms with Gasteiger partial charge >= 0.3 is 0 Å². The smallest absolute Gasteiger partial charge is 0.251 e. The summed E-state index contributed by atoms with van der Waals surface area (Å²) in [5.41, 5.74) is 1.59. The first-order chi connectivity index (χ1) is 14.6.